The van der Waals surface area contributed by atoms with Crippen LogP contribution < -0.4 is 9.32 Å². The number of rotatable bonds is 2. The van der Waals surface area contributed by atoms with Crippen molar-refractivity contribution in [2.45, 2.75) is 0 Å². The first-order valence-corrected chi connectivity index (χ1v) is 4.32. The molecule has 4 nitrogen and oxygen atoms in total. The Balaban J connectivity index is 0.00000121. The minimum atomic E-state index is -3.88. The average molecular weight is 197 g/mol. The van der Waals surface area contributed by atoms with Crippen LogP contribution in [0.1, 0.15) is 0 Å². The molecule has 0 bridgehead atoms. The summed E-state index contributed by atoms with van der Waals surface area (Å²) in [5.74, 6) is 0.218. The van der Waals surface area contributed by atoms with E-state index in [1.165, 1.54) is 12.1 Å². The van der Waals surface area contributed by atoms with Crippen molar-refractivity contribution in [2.24, 2.45) is 5.14 Å². The quantitative estimate of drug-likeness (QED) is 0.657. The Kier molecular flexibility index (Phi) is 4.81. The monoisotopic (exact) mass is 197 g/mol. The second-order valence-electron chi connectivity index (χ2n) is 1.89. The summed E-state index contributed by atoms with van der Waals surface area (Å²) in [4.78, 5) is 0. The zero-order chi connectivity index (χ0) is 8.32. The van der Waals surface area contributed by atoms with E-state index in [2.05, 4.69) is 9.32 Å². The molecule has 62 valence electrons. The van der Waals surface area contributed by atoms with Gasteiger partial charge < -0.3 is 4.18 Å². The van der Waals surface area contributed by atoms with Gasteiger partial charge >= 0.3 is 39.9 Å². The summed E-state index contributed by atoms with van der Waals surface area (Å²) in [6.45, 7) is 0. The summed E-state index contributed by atoms with van der Waals surface area (Å²) in [7, 11) is -3.88. The Morgan fingerprint density at radius 3 is 2.08 bits per heavy atom. The third-order valence-corrected chi connectivity index (χ3v) is 1.38. The van der Waals surface area contributed by atoms with Crippen molar-refractivity contribution in [1.29, 1.82) is 0 Å². The Bertz CT molecular complexity index is 324. The molecule has 1 aromatic carbocycles. The van der Waals surface area contributed by atoms with Gasteiger partial charge in [0.1, 0.15) is 5.75 Å². The number of hydrogen-bond acceptors (Lipinski definition) is 3. The average Bonchev–Trinajstić information content (AvgIpc) is 1.85. The molecule has 1 rings (SSSR count). The summed E-state index contributed by atoms with van der Waals surface area (Å²) in [5, 5.41) is 4.62. The molecule has 0 aromatic heterocycles. The molecule has 0 atom stereocenters. The maximum absolute atomic E-state index is 10.4. The van der Waals surface area contributed by atoms with Crippen LogP contribution in [0, 0.1) is 0 Å². The van der Waals surface area contributed by atoms with E-state index in [9.17, 15) is 8.42 Å². The molecule has 6 heteroatoms. The molecule has 0 aliphatic heterocycles. The fourth-order valence-electron chi connectivity index (χ4n) is 0.610. The maximum atomic E-state index is 10.4. The van der Waals surface area contributed by atoms with Gasteiger partial charge in [-0.1, -0.05) is 18.2 Å². The topological polar surface area (TPSA) is 69.4 Å². The summed E-state index contributed by atoms with van der Waals surface area (Å²) in [5.41, 5.74) is 0. The van der Waals surface area contributed by atoms with Gasteiger partial charge in [-0.05, 0) is 12.1 Å². The van der Waals surface area contributed by atoms with Crippen LogP contribution in [0.2, 0.25) is 0 Å². The first-order valence-electron chi connectivity index (χ1n) is 2.85. The van der Waals surface area contributed by atoms with E-state index >= 15 is 0 Å². The van der Waals surface area contributed by atoms with Crippen LogP contribution >= 0.6 is 0 Å². The van der Waals surface area contributed by atoms with Crippen LogP contribution in [0.4, 0.5) is 0 Å². The van der Waals surface area contributed by atoms with E-state index in [1.54, 1.807) is 18.2 Å². The number of benzene rings is 1. The zero-order valence-corrected chi connectivity index (χ0v) is 6.41. The molecule has 2 N–H and O–H groups in total. The predicted molar refractivity (Wildman–Crippen MR) is 47.3 cm³/mol. The van der Waals surface area contributed by atoms with E-state index in [0.29, 0.717) is 0 Å². The SMILES string of the molecule is NS(=O)(=O)Oc1ccccc1.[NaH]. The van der Waals surface area contributed by atoms with Crippen molar-refractivity contribution in [3.8, 4) is 5.75 Å². The molecule has 1 aromatic rings. The van der Waals surface area contributed by atoms with Crippen molar-refractivity contribution in [3.05, 3.63) is 30.3 Å². The molecule has 0 spiro atoms. The van der Waals surface area contributed by atoms with Crippen LogP contribution in [0.25, 0.3) is 0 Å². The van der Waals surface area contributed by atoms with Gasteiger partial charge in [-0.25, -0.2) is 0 Å². The van der Waals surface area contributed by atoms with Crippen molar-refractivity contribution < 1.29 is 12.6 Å². The molecule has 0 radical (unpaired) electrons. The number of para-hydroxylation sites is 1. The van der Waals surface area contributed by atoms with Gasteiger partial charge in [0.25, 0.3) is 0 Å². The van der Waals surface area contributed by atoms with Crippen LogP contribution in [0.15, 0.2) is 30.3 Å². The van der Waals surface area contributed by atoms with Gasteiger partial charge in [0.05, 0.1) is 0 Å². The van der Waals surface area contributed by atoms with Crippen molar-refractivity contribution in [2.75, 3.05) is 0 Å². The Morgan fingerprint density at radius 2 is 1.67 bits per heavy atom. The fourth-order valence-corrected chi connectivity index (χ4v) is 0.990. The van der Waals surface area contributed by atoms with Crippen LogP contribution in [-0.2, 0) is 10.3 Å². The van der Waals surface area contributed by atoms with Crippen molar-refractivity contribution in [3.63, 3.8) is 0 Å². The first-order chi connectivity index (χ1) is 5.08. The molecular weight excluding hydrogens is 189 g/mol. The van der Waals surface area contributed by atoms with Gasteiger partial charge in [-0.3, -0.25) is 0 Å². The van der Waals surface area contributed by atoms with E-state index in [-0.39, 0.29) is 35.3 Å². The van der Waals surface area contributed by atoms with Gasteiger partial charge in [0.15, 0.2) is 0 Å². The molecule has 0 aliphatic rings. The van der Waals surface area contributed by atoms with Gasteiger partial charge in [0.2, 0.25) is 0 Å². The molecule has 0 amide bonds. The third-order valence-electron chi connectivity index (χ3n) is 0.956. The van der Waals surface area contributed by atoms with Crippen molar-refractivity contribution in [1.82, 2.24) is 0 Å². The normalized spacial score (nSPS) is 10.1. The second-order valence-corrected chi connectivity index (χ2v) is 3.04. The summed E-state index contributed by atoms with van der Waals surface area (Å²) in [6.07, 6.45) is 0. The summed E-state index contributed by atoms with van der Waals surface area (Å²) >= 11 is 0. The second kappa shape index (κ2) is 4.84. The van der Waals surface area contributed by atoms with Crippen molar-refractivity contribution >= 4 is 39.9 Å². The summed E-state index contributed by atoms with van der Waals surface area (Å²) in [6, 6.07) is 8.06. The van der Waals surface area contributed by atoms with Crippen LogP contribution in [-0.4, -0.2) is 38.0 Å². The molecule has 0 saturated heterocycles. The minimum absolute atomic E-state index is 0. The van der Waals surface area contributed by atoms with Gasteiger partial charge in [-0.15, -0.1) is 0 Å². The molecule has 0 aliphatic carbocycles. The molecule has 0 heterocycles. The first kappa shape index (κ1) is 11.9. The fraction of sp³-hybridized carbons (Fsp3) is 0. The Labute approximate surface area is 93.3 Å². The zero-order valence-electron chi connectivity index (χ0n) is 5.60. The summed E-state index contributed by atoms with van der Waals surface area (Å²) < 4.78 is 25.1. The predicted octanol–water partition coefficient (Wildman–Crippen LogP) is -0.380. The van der Waals surface area contributed by atoms with Gasteiger partial charge in [0, 0.05) is 0 Å². The molecule has 0 saturated carbocycles. The van der Waals surface area contributed by atoms with E-state index < -0.39 is 10.3 Å². The van der Waals surface area contributed by atoms with Gasteiger partial charge in [-0.2, -0.15) is 13.6 Å². The Morgan fingerprint density at radius 1 is 1.17 bits per heavy atom. The van der Waals surface area contributed by atoms with E-state index in [1.807, 2.05) is 0 Å². The van der Waals surface area contributed by atoms with E-state index in [0.717, 1.165) is 0 Å². The van der Waals surface area contributed by atoms with E-state index in [4.69, 9.17) is 0 Å². The standard InChI is InChI=1S/C6H7NO3S.Na.H/c7-11(8,9)10-6-4-2-1-3-5-6;;/h1-5H,(H2,7,8,9);;. The van der Waals surface area contributed by atoms with Crippen LogP contribution in [0.3, 0.4) is 0 Å². The number of nitrogens with two attached hydrogens (primary N) is 1. The third kappa shape index (κ3) is 4.74. The number of hydrogen-bond donors (Lipinski definition) is 1. The molecule has 0 fully saturated rings. The molecule has 0 unspecified atom stereocenters. The van der Waals surface area contributed by atoms with Crippen LogP contribution in [0.5, 0.6) is 5.75 Å². The molecule has 12 heavy (non-hydrogen) atoms. The molecular formula is C6H8NNaO3S. The Hall–Kier alpha value is -0.0700.